The van der Waals surface area contributed by atoms with E-state index in [-0.39, 0.29) is 12.6 Å². The second-order valence-electron chi connectivity index (χ2n) is 6.36. The molecule has 1 saturated heterocycles. The van der Waals surface area contributed by atoms with Crippen molar-refractivity contribution in [1.82, 2.24) is 5.43 Å². The summed E-state index contributed by atoms with van der Waals surface area (Å²) in [7, 11) is -3.65. The van der Waals surface area contributed by atoms with Gasteiger partial charge < -0.3 is 4.74 Å². The molecule has 0 saturated carbocycles. The lowest BCUT2D eigenvalue weighted by Crippen LogP contribution is -2.39. The Bertz CT molecular complexity index is 993. The molecule has 29 heavy (non-hydrogen) atoms. The number of sulfonamides is 1. The fourth-order valence-corrected chi connectivity index (χ4v) is 4.54. The molecule has 3 rings (SSSR count). The molecule has 1 fully saturated rings. The molecule has 0 aromatic heterocycles. The minimum Gasteiger partial charge on any atom is -0.489 e. The van der Waals surface area contributed by atoms with Crippen LogP contribution in [0.15, 0.2) is 58.1 Å². The maximum Gasteiger partial charge on any atom is 0.260 e. The molecule has 0 bridgehead atoms. The van der Waals surface area contributed by atoms with Crippen molar-refractivity contribution in [1.29, 1.82) is 0 Å². The number of halogens is 1. The summed E-state index contributed by atoms with van der Waals surface area (Å²) < 4.78 is 31.6. The van der Waals surface area contributed by atoms with Gasteiger partial charge in [0.05, 0.1) is 18.2 Å². The molecule has 2 aromatic rings. The first kappa shape index (κ1) is 21.7. The van der Waals surface area contributed by atoms with Crippen LogP contribution >= 0.6 is 27.7 Å². The number of carbonyl (C=O) groups is 1. The van der Waals surface area contributed by atoms with Crippen molar-refractivity contribution in [3.8, 4) is 5.75 Å². The molecule has 154 valence electrons. The third-order valence-corrected chi connectivity index (χ3v) is 7.01. The highest BCUT2D eigenvalue weighted by atomic mass is 79.9. The Morgan fingerprint density at radius 1 is 1.28 bits per heavy atom. The number of thioether (sulfide) groups is 1. The molecular weight excluding hydrogens is 478 g/mol. The monoisotopic (exact) mass is 497 g/mol. The topological polar surface area (TPSA) is 88.1 Å². The van der Waals surface area contributed by atoms with Gasteiger partial charge in [-0.15, -0.1) is 0 Å². The van der Waals surface area contributed by atoms with Crippen molar-refractivity contribution < 1.29 is 17.9 Å². The number of benzene rings is 2. The van der Waals surface area contributed by atoms with E-state index >= 15 is 0 Å². The van der Waals surface area contributed by atoms with Crippen LogP contribution in [0.25, 0.3) is 0 Å². The third kappa shape index (κ3) is 6.22. The molecule has 0 aliphatic carbocycles. The van der Waals surface area contributed by atoms with Gasteiger partial charge in [0.25, 0.3) is 5.91 Å². The SMILES string of the molecule is CS(=O)(=O)N(CC(=O)N/N=C\c1ccc(OC2CSC2)cc1)c1ccccc1Br. The van der Waals surface area contributed by atoms with Crippen molar-refractivity contribution in [3.63, 3.8) is 0 Å². The third-order valence-electron chi connectivity index (χ3n) is 4.00. The fourth-order valence-electron chi connectivity index (χ4n) is 2.49. The molecule has 1 aliphatic heterocycles. The summed E-state index contributed by atoms with van der Waals surface area (Å²) in [5, 5.41) is 3.91. The van der Waals surface area contributed by atoms with Crippen LogP contribution in [0, 0.1) is 0 Å². The molecule has 0 unspecified atom stereocenters. The lowest BCUT2D eigenvalue weighted by molar-refractivity contribution is -0.119. The Morgan fingerprint density at radius 3 is 2.55 bits per heavy atom. The maximum atomic E-state index is 12.2. The first-order valence-corrected chi connectivity index (χ1v) is 12.5. The number of amides is 1. The van der Waals surface area contributed by atoms with Crippen LogP contribution in [0.1, 0.15) is 5.56 Å². The Morgan fingerprint density at radius 2 is 1.97 bits per heavy atom. The highest BCUT2D eigenvalue weighted by Crippen LogP contribution is 2.27. The Hall–Kier alpha value is -2.04. The summed E-state index contributed by atoms with van der Waals surface area (Å²) >= 11 is 5.17. The lowest BCUT2D eigenvalue weighted by atomic mass is 10.2. The van der Waals surface area contributed by atoms with E-state index in [1.165, 1.54) is 6.21 Å². The van der Waals surface area contributed by atoms with Gasteiger partial charge in [-0.2, -0.15) is 16.9 Å². The number of carbonyl (C=O) groups excluding carboxylic acids is 1. The zero-order valence-corrected chi connectivity index (χ0v) is 18.8. The van der Waals surface area contributed by atoms with E-state index in [0.29, 0.717) is 10.2 Å². The van der Waals surface area contributed by atoms with Crippen LogP contribution in [0.4, 0.5) is 5.69 Å². The molecule has 0 radical (unpaired) electrons. The number of hydrogen-bond donors (Lipinski definition) is 1. The highest BCUT2D eigenvalue weighted by molar-refractivity contribution is 9.10. The number of para-hydroxylation sites is 1. The van der Waals surface area contributed by atoms with Crippen LogP contribution in [-0.2, 0) is 14.8 Å². The summed E-state index contributed by atoms with van der Waals surface area (Å²) in [6.07, 6.45) is 2.82. The normalized spacial score (nSPS) is 14.4. The van der Waals surface area contributed by atoms with Crippen molar-refractivity contribution in [2.45, 2.75) is 6.10 Å². The van der Waals surface area contributed by atoms with Crippen LogP contribution in [-0.4, -0.2) is 50.9 Å². The van der Waals surface area contributed by atoms with E-state index in [4.69, 9.17) is 4.74 Å². The Balaban J connectivity index is 1.58. The predicted octanol–water partition coefficient (Wildman–Crippen LogP) is 2.86. The van der Waals surface area contributed by atoms with Crippen LogP contribution in [0.2, 0.25) is 0 Å². The largest absolute Gasteiger partial charge is 0.489 e. The average molecular weight is 498 g/mol. The van der Waals surface area contributed by atoms with Gasteiger partial charge in [-0.25, -0.2) is 13.8 Å². The van der Waals surface area contributed by atoms with Crippen LogP contribution in [0.3, 0.4) is 0 Å². The fraction of sp³-hybridized carbons (Fsp3) is 0.263. The number of anilines is 1. The van der Waals surface area contributed by atoms with Crippen molar-refractivity contribution in [3.05, 3.63) is 58.6 Å². The van der Waals surface area contributed by atoms with E-state index in [1.807, 2.05) is 36.0 Å². The van der Waals surface area contributed by atoms with Gasteiger partial charge in [0.1, 0.15) is 18.4 Å². The molecule has 1 N–H and O–H groups in total. The van der Waals surface area contributed by atoms with E-state index in [1.54, 1.807) is 24.3 Å². The molecule has 1 amide bonds. The van der Waals surface area contributed by atoms with Gasteiger partial charge in [-0.05, 0) is 57.9 Å². The first-order chi connectivity index (χ1) is 13.8. The second kappa shape index (κ2) is 9.64. The van der Waals surface area contributed by atoms with Gasteiger partial charge in [0, 0.05) is 16.0 Å². The number of hydrazone groups is 1. The molecule has 1 aliphatic rings. The zero-order chi connectivity index (χ0) is 20.9. The Kier molecular flexibility index (Phi) is 7.20. The van der Waals surface area contributed by atoms with Crippen molar-refractivity contribution >= 4 is 55.5 Å². The van der Waals surface area contributed by atoms with Gasteiger partial charge >= 0.3 is 0 Å². The molecule has 0 spiro atoms. The number of nitrogens with zero attached hydrogens (tertiary/aromatic N) is 2. The maximum absolute atomic E-state index is 12.2. The van der Waals surface area contributed by atoms with E-state index in [9.17, 15) is 13.2 Å². The van der Waals surface area contributed by atoms with E-state index in [0.717, 1.165) is 33.4 Å². The van der Waals surface area contributed by atoms with E-state index < -0.39 is 15.9 Å². The summed E-state index contributed by atoms with van der Waals surface area (Å²) in [4.78, 5) is 12.2. The minimum absolute atomic E-state index is 0.279. The first-order valence-electron chi connectivity index (χ1n) is 8.71. The highest BCUT2D eigenvalue weighted by Gasteiger charge is 2.22. The smallest absolute Gasteiger partial charge is 0.260 e. The lowest BCUT2D eigenvalue weighted by Gasteiger charge is -2.25. The van der Waals surface area contributed by atoms with Crippen LogP contribution < -0.4 is 14.5 Å². The summed E-state index contributed by atoms with van der Waals surface area (Å²) in [5.74, 6) is 2.28. The number of hydrogen-bond acceptors (Lipinski definition) is 6. The van der Waals surface area contributed by atoms with Crippen molar-refractivity contribution in [2.75, 3.05) is 28.6 Å². The van der Waals surface area contributed by atoms with Gasteiger partial charge in [0.2, 0.25) is 10.0 Å². The zero-order valence-electron chi connectivity index (χ0n) is 15.6. The van der Waals surface area contributed by atoms with Gasteiger partial charge in [0.15, 0.2) is 0 Å². The predicted molar refractivity (Wildman–Crippen MR) is 120 cm³/mol. The second-order valence-corrected chi connectivity index (χ2v) is 10.2. The van der Waals surface area contributed by atoms with Gasteiger partial charge in [-0.1, -0.05) is 12.1 Å². The molecule has 7 nitrogen and oxygen atoms in total. The van der Waals surface area contributed by atoms with Gasteiger partial charge in [-0.3, -0.25) is 9.10 Å². The van der Waals surface area contributed by atoms with Crippen LogP contribution in [0.5, 0.6) is 5.75 Å². The molecule has 1 heterocycles. The number of nitrogens with one attached hydrogen (secondary N) is 1. The summed E-state index contributed by atoms with van der Waals surface area (Å²) in [5.41, 5.74) is 3.53. The Labute approximate surface area is 182 Å². The number of rotatable bonds is 8. The summed E-state index contributed by atoms with van der Waals surface area (Å²) in [6.45, 7) is -0.384. The summed E-state index contributed by atoms with van der Waals surface area (Å²) in [6, 6.07) is 14.2. The van der Waals surface area contributed by atoms with Crippen molar-refractivity contribution in [2.24, 2.45) is 5.10 Å². The quantitative estimate of drug-likeness (QED) is 0.447. The van der Waals surface area contributed by atoms with E-state index in [2.05, 4.69) is 26.5 Å². The number of ether oxygens (including phenoxy) is 1. The molecular formula is C19H20BrN3O4S2. The minimum atomic E-state index is -3.65. The standard InChI is InChI=1S/C19H20BrN3O4S2/c1-29(25,26)23(18-5-3-2-4-17(18)20)11-19(24)22-21-10-14-6-8-15(9-7-14)27-16-12-28-13-16/h2-10,16H,11-13H2,1H3,(H,22,24)/b21-10-. The molecule has 2 aromatic carbocycles. The molecule has 10 heteroatoms. The molecule has 0 atom stereocenters. The average Bonchev–Trinajstić information content (AvgIpc) is 2.64.